The van der Waals surface area contributed by atoms with Crippen LogP contribution in [0.25, 0.3) is 11.3 Å². The van der Waals surface area contributed by atoms with Gasteiger partial charge < -0.3 is 0 Å². The van der Waals surface area contributed by atoms with Gasteiger partial charge in [-0.15, -0.1) is 11.6 Å². The van der Waals surface area contributed by atoms with Crippen molar-refractivity contribution < 1.29 is 0 Å². The zero-order valence-electron chi connectivity index (χ0n) is 8.24. The molecule has 0 aliphatic heterocycles. The van der Waals surface area contributed by atoms with Crippen molar-refractivity contribution in [1.82, 2.24) is 9.78 Å². The van der Waals surface area contributed by atoms with Crippen LogP contribution in [0.5, 0.6) is 0 Å². The summed E-state index contributed by atoms with van der Waals surface area (Å²) in [6, 6.07) is 10.2. The Balaban J connectivity index is 2.44. The van der Waals surface area contributed by atoms with E-state index in [4.69, 9.17) is 11.6 Å². The lowest BCUT2D eigenvalue weighted by Gasteiger charge is -2.01. The molecule has 0 atom stereocenters. The van der Waals surface area contributed by atoms with Crippen molar-refractivity contribution in [3.8, 4) is 11.3 Å². The van der Waals surface area contributed by atoms with Gasteiger partial charge in [-0.25, -0.2) is 0 Å². The molecule has 15 heavy (non-hydrogen) atoms. The Hall–Kier alpha value is -0.800. The van der Waals surface area contributed by atoms with E-state index in [9.17, 15) is 0 Å². The third-order valence-electron chi connectivity index (χ3n) is 2.21. The first-order valence-corrected chi connectivity index (χ1v) is 5.88. The van der Waals surface area contributed by atoms with Crippen molar-refractivity contribution in [2.24, 2.45) is 7.05 Å². The Bertz CT molecular complexity index is 462. The van der Waals surface area contributed by atoms with Gasteiger partial charge in [0.1, 0.15) is 0 Å². The summed E-state index contributed by atoms with van der Waals surface area (Å²) in [5.41, 5.74) is 3.12. The molecule has 0 saturated carbocycles. The van der Waals surface area contributed by atoms with Gasteiger partial charge in [0.05, 0.1) is 17.3 Å². The van der Waals surface area contributed by atoms with Gasteiger partial charge in [0, 0.05) is 11.5 Å². The predicted octanol–water partition coefficient (Wildman–Crippen LogP) is 3.59. The molecular formula is C11H10BrClN2. The summed E-state index contributed by atoms with van der Waals surface area (Å²) >= 11 is 9.15. The van der Waals surface area contributed by atoms with Crippen LogP contribution in [0.15, 0.2) is 34.8 Å². The van der Waals surface area contributed by atoms with Gasteiger partial charge in [0.2, 0.25) is 0 Å². The Morgan fingerprint density at radius 1 is 1.33 bits per heavy atom. The molecule has 2 aromatic rings. The van der Waals surface area contributed by atoms with Crippen LogP contribution in [0.2, 0.25) is 0 Å². The fraction of sp³-hybridized carbons (Fsp3) is 0.182. The fourth-order valence-electron chi connectivity index (χ4n) is 1.48. The molecule has 2 rings (SSSR count). The zero-order chi connectivity index (χ0) is 10.8. The van der Waals surface area contributed by atoms with Crippen LogP contribution in [0.4, 0.5) is 0 Å². The number of aromatic nitrogens is 2. The maximum Gasteiger partial charge on any atom is 0.0778 e. The Morgan fingerprint density at radius 3 is 2.53 bits per heavy atom. The number of halogens is 2. The second-order valence-corrected chi connectivity index (χ2v) is 4.47. The first kappa shape index (κ1) is 10.7. The molecule has 0 saturated heterocycles. The van der Waals surface area contributed by atoms with E-state index in [-0.39, 0.29) is 0 Å². The summed E-state index contributed by atoms with van der Waals surface area (Å²) in [4.78, 5) is 0. The summed E-state index contributed by atoms with van der Waals surface area (Å²) in [5.74, 6) is 0.449. The van der Waals surface area contributed by atoms with Gasteiger partial charge in [0.25, 0.3) is 0 Å². The number of rotatable bonds is 2. The molecule has 0 spiro atoms. The third kappa shape index (κ3) is 2.24. The van der Waals surface area contributed by atoms with E-state index in [1.807, 2.05) is 29.9 Å². The molecule has 2 nitrogen and oxygen atoms in total. The van der Waals surface area contributed by atoms with Gasteiger partial charge >= 0.3 is 0 Å². The summed E-state index contributed by atoms with van der Waals surface area (Å²) < 4.78 is 2.92. The smallest absolute Gasteiger partial charge is 0.0778 e. The van der Waals surface area contributed by atoms with Crippen molar-refractivity contribution in [3.63, 3.8) is 0 Å². The molecule has 0 N–H and O–H groups in total. The summed E-state index contributed by atoms with van der Waals surface area (Å²) in [6.07, 6.45) is 0. The highest BCUT2D eigenvalue weighted by molar-refractivity contribution is 9.10. The zero-order valence-corrected chi connectivity index (χ0v) is 10.6. The molecule has 0 fully saturated rings. The van der Waals surface area contributed by atoms with Crippen LogP contribution in [-0.2, 0) is 12.9 Å². The molecule has 4 heteroatoms. The van der Waals surface area contributed by atoms with Gasteiger partial charge in [-0.3, -0.25) is 4.68 Å². The summed E-state index contributed by atoms with van der Waals surface area (Å²) in [6.45, 7) is 0. The van der Waals surface area contributed by atoms with E-state index in [1.54, 1.807) is 0 Å². The molecular weight excluding hydrogens is 275 g/mol. The Labute approximate surface area is 102 Å². The predicted molar refractivity (Wildman–Crippen MR) is 65.9 cm³/mol. The van der Waals surface area contributed by atoms with E-state index >= 15 is 0 Å². The lowest BCUT2D eigenvalue weighted by atomic mass is 10.1. The van der Waals surface area contributed by atoms with Gasteiger partial charge in [-0.2, -0.15) is 5.10 Å². The minimum atomic E-state index is 0.449. The maximum atomic E-state index is 5.74. The monoisotopic (exact) mass is 284 g/mol. The van der Waals surface area contributed by atoms with Gasteiger partial charge in [0.15, 0.2) is 0 Å². The second-order valence-electron chi connectivity index (χ2n) is 3.29. The van der Waals surface area contributed by atoms with Crippen LogP contribution in [0.1, 0.15) is 5.69 Å². The first-order chi connectivity index (χ1) is 7.20. The molecule has 0 aliphatic rings. The van der Waals surface area contributed by atoms with Crippen LogP contribution in [0, 0.1) is 0 Å². The maximum absolute atomic E-state index is 5.74. The fourth-order valence-corrected chi connectivity index (χ4v) is 1.88. The molecule has 1 aromatic carbocycles. The SMILES string of the molecule is Cn1nc(CCl)cc1-c1ccc(Br)cc1. The number of benzene rings is 1. The lowest BCUT2D eigenvalue weighted by molar-refractivity contribution is 0.762. The summed E-state index contributed by atoms with van der Waals surface area (Å²) in [5, 5.41) is 4.30. The highest BCUT2D eigenvalue weighted by Crippen LogP contribution is 2.22. The average molecular weight is 286 g/mol. The quantitative estimate of drug-likeness (QED) is 0.771. The average Bonchev–Trinajstić information content (AvgIpc) is 2.61. The topological polar surface area (TPSA) is 17.8 Å². The minimum Gasteiger partial charge on any atom is -0.268 e. The molecule has 0 bridgehead atoms. The normalized spacial score (nSPS) is 10.6. The van der Waals surface area contributed by atoms with E-state index in [0.717, 1.165) is 21.4 Å². The van der Waals surface area contributed by atoms with Gasteiger partial charge in [-0.05, 0) is 23.8 Å². The van der Waals surface area contributed by atoms with Crippen LogP contribution >= 0.6 is 27.5 Å². The number of aryl methyl sites for hydroxylation is 1. The van der Waals surface area contributed by atoms with Gasteiger partial charge in [-0.1, -0.05) is 28.1 Å². The van der Waals surface area contributed by atoms with E-state index in [1.165, 1.54) is 0 Å². The number of hydrogen-bond acceptors (Lipinski definition) is 1. The van der Waals surface area contributed by atoms with E-state index in [2.05, 4.69) is 33.2 Å². The van der Waals surface area contributed by atoms with Crippen molar-refractivity contribution in [3.05, 3.63) is 40.5 Å². The van der Waals surface area contributed by atoms with E-state index in [0.29, 0.717) is 5.88 Å². The van der Waals surface area contributed by atoms with Crippen LogP contribution < -0.4 is 0 Å². The Morgan fingerprint density at radius 2 is 2.00 bits per heavy atom. The first-order valence-electron chi connectivity index (χ1n) is 4.55. The minimum absolute atomic E-state index is 0.449. The molecule has 0 amide bonds. The lowest BCUT2D eigenvalue weighted by Crippen LogP contribution is -1.93. The second kappa shape index (κ2) is 4.37. The van der Waals surface area contributed by atoms with Crippen molar-refractivity contribution in [2.45, 2.75) is 5.88 Å². The molecule has 0 radical (unpaired) electrons. The molecule has 78 valence electrons. The van der Waals surface area contributed by atoms with Crippen LogP contribution in [-0.4, -0.2) is 9.78 Å². The van der Waals surface area contributed by atoms with Crippen molar-refractivity contribution in [1.29, 1.82) is 0 Å². The molecule has 1 heterocycles. The highest BCUT2D eigenvalue weighted by Gasteiger charge is 2.06. The third-order valence-corrected chi connectivity index (χ3v) is 3.01. The highest BCUT2D eigenvalue weighted by atomic mass is 79.9. The summed E-state index contributed by atoms with van der Waals surface area (Å²) in [7, 11) is 1.92. The van der Waals surface area contributed by atoms with Crippen molar-refractivity contribution >= 4 is 27.5 Å². The standard InChI is InChI=1S/C11H10BrClN2/c1-15-11(6-10(7-13)14-15)8-2-4-9(12)5-3-8/h2-6H,7H2,1H3. The largest absolute Gasteiger partial charge is 0.268 e. The molecule has 1 aromatic heterocycles. The Kier molecular flexibility index (Phi) is 3.12. The molecule has 0 unspecified atom stereocenters. The van der Waals surface area contributed by atoms with Crippen molar-refractivity contribution in [2.75, 3.05) is 0 Å². The molecule has 0 aliphatic carbocycles. The van der Waals surface area contributed by atoms with E-state index < -0.39 is 0 Å². The number of nitrogens with zero attached hydrogens (tertiary/aromatic N) is 2. The van der Waals surface area contributed by atoms with Crippen LogP contribution in [0.3, 0.4) is 0 Å². The number of alkyl halides is 1. The number of hydrogen-bond donors (Lipinski definition) is 0.